The molecule has 0 fully saturated rings. The van der Waals surface area contributed by atoms with Gasteiger partial charge in [0.1, 0.15) is 11.6 Å². The van der Waals surface area contributed by atoms with Crippen LogP contribution in [0.4, 0.5) is 11.7 Å². The first-order valence-electron chi connectivity index (χ1n) is 5.62. The summed E-state index contributed by atoms with van der Waals surface area (Å²) in [5.74, 6) is -0.0507. The van der Waals surface area contributed by atoms with E-state index in [1.54, 1.807) is 39.2 Å². The summed E-state index contributed by atoms with van der Waals surface area (Å²) in [5, 5.41) is 2.92. The molecule has 0 aliphatic rings. The van der Waals surface area contributed by atoms with Gasteiger partial charge in [-0.05, 0) is 19.1 Å². The molecule has 1 atom stereocenters. The maximum Gasteiger partial charge on any atom is 0.296 e. The van der Waals surface area contributed by atoms with Crippen LogP contribution in [0.1, 0.15) is 6.92 Å². The third-order valence-electron chi connectivity index (χ3n) is 2.60. The summed E-state index contributed by atoms with van der Waals surface area (Å²) in [5.41, 5.74) is 7.54. The van der Waals surface area contributed by atoms with Crippen molar-refractivity contribution < 1.29 is 9.21 Å². The number of likely N-dealkylation sites (N-methyl/N-ethyl adjacent to an activating group) is 1. The van der Waals surface area contributed by atoms with Crippen molar-refractivity contribution in [3.8, 4) is 0 Å². The Balaban J connectivity index is 2.22. The smallest absolute Gasteiger partial charge is 0.296 e. The van der Waals surface area contributed by atoms with Crippen LogP contribution in [-0.2, 0) is 4.79 Å². The Bertz CT molecular complexity index is 576. The van der Waals surface area contributed by atoms with Crippen LogP contribution in [-0.4, -0.2) is 35.9 Å². The molecule has 6 heteroatoms. The van der Waals surface area contributed by atoms with E-state index in [4.69, 9.17) is 10.2 Å². The van der Waals surface area contributed by atoms with Crippen LogP contribution in [0.5, 0.6) is 0 Å². The zero-order valence-electron chi connectivity index (χ0n) is 10.6. The third-order valence-corrected chi connectivity index (χ3v) is 2.60. The first kappa shape index (κ1) is 12.2. The highest BCUT2D eigenvalue weighted by molar-refractivity contribution is 5.87. The molecule has 1 aromatic heterocycles. The first-order valence-corrected chi connectivity index (χ1v) is 5.62. The molecule has 2 aromatic rings. The molecule has 18 heavy (non-hydrogen) atoms. The Morgan fingerprint density at radius 2 is 2.22 bits per heavy atom. The number of hydrogen-bond acceptors (Lipinski definition) is 5. The molecule has 1 amide bonds. The quantitative estimate of drug-likeness (QED) is 0.800. The highest BCUT2D eigenvalue weighted by Gasteiger charge is 2.17. The lowest BCUT2D eigenvalue weighted by atomic mass is 10.3. The van der Waals surface area contributed by atoms with Crippen LogP contribution in [0.25, 0.3) is 11.1 Å². The summed E-state index contributed by atoms with van der Waals surface area (Å²) in [6.45, 7) is 1.75. The van der Waals surface area contributed by atoms with Gasteiger partial charge in [0.15, 0.2) is 5.58 Å². The predicted molar refractivity (Wildman–Crippen MR) is 70.2 cm³/mol. The zero-order valence-corrected chi connectivity index (χ0v) is 10.6. The second-order valence-corrected chi connectivity index (χ2v) is 4.31. The van der Waals surface area contributed by atoms with E-state index in [0.717, 1.165) is 0 Å². The molecule has 0 spiro atoms. The van der Waals surface area contributed by atoms with Gasteiger partial charge in [0.2, 0.25) is 5.91 Å². The van der Waals surface area contributed by atoms with Gasteiger partial charge in [0, 0.05) is 14.1 Å². The molecular weight excluding hydrogens is 232 g/mol. The van der Waals surface area contributed by atoms with E-state index in [1.165, 1.54) is 4.90 Å². The minimum atomic E-state index is -0.408. The summed E-state index contributed by atoms with van der Waals surface area (Å²) < 4.78 is 5.48. The molecule has 1 heterocycles. The second-order valence-electron chi connectivity index (χ2n) is 4.31. The molecule has 6 nitrogen and oxygen atoms in total. The van der Waals surface area contributed by atoms with Crippen LogP contribution in [0.3, 0.4) is 0 Å². The van der Waals surface area contributed by atoms with Gasteiger partial charge < -0.3 is 20.4 Å². The molecule has 0 aliphatic carbocycles. The molecule has 2 rings (SSSR count). The Hall–Kier alpha value is -2.24. The highest BCUT2D eigenvalue weighted by Crippen LogP contribution is 2.23. The number of aromatic nitrogens is 1. The average Bonchev–Trinajstić information content (AvgIpc) is 2.71. The topological polar surface area (TPSA) is 84.4 Å². The first-order chi connectivity index (χ1) is 8.49. The molecule has 0 radical (unpaired) electrons. The number of nitrogens with zero attached hydrogens (tertiary/aromatic N) is 2. The molecule has 0 saturated carbocycles. The number of hydrogen-bond donors (Lipinski definition) is 2. The van der Waals surface area contributed by atoms with Gasteiger partial charge in [-0.2, -0.15) is 4.98 Å². The van der Waals surface area contributed by atoms with Crippen molar-refractivity contribution >= 4 is 28.7 Å². The van der Waals surface area contributed by atoms with E-state index in [9.17, 15) is 4.79 Å². The molecule has 0 bridgehead atoms. The Kier molecular flexibility index (Phi) is 3.10. The van der Waals surface area contributed by atoms with E-state index < -0.39 is 6.04 Å². The Morgan fingerprint density at radius 1 is 1.50 bits per heavy atom. The molecule has 0 saturated heterocycles. The average molecular weight is 248 g/mol. The van der Waals surface area contributed by atoms with Gasteiger partial charge in [-0.3, -0.25) is 4.79 Å². The molecule has 1 unspecified atom stereocenters. The van der Waals surface area contributed by atoms with Crippen LogP contribution >= 0.6 is 0 Å². The van der Waals surface area contributed by atoms with Gasteiger partial charge in [0.25, 0.3) is 6.01 Å². The monoisotopic (exact) mass is 248 g/mol. The number of rotatable bonds is 3. The molecule has 96 valence electrons. The summed E-state index contributed by atoms with van der Waals surface area (Å²) in [6, 6.07) is 5.21. The van der Waals surface area contributed by atoms with Crippen LogP contribution in [0.2, 0.25) is 0 Å². The minimum absolute atomic E-state index is 0.0507. The van der Waals surface area contributed by atoms with Gasteiger partial charge in [-0.25, -0.2) is 0 Å². The lowest BCUT2D eigenvalue weighted by molar-refractivity contribution is -0.129. The number of nitrogens with two attached hydrogens (primary N) is 1. The summed E-state index contributed by atoms with van der Waals surface area (Å²) in [7, 11) is 3.40. The number of benzene rings is 1. The minimum Gasteiger partial charge on any atom is -0.423 e. The number of carbonyl (C=O) groups excluding carboxylic acids is 1. The third kappa shape index (κ3) is 2.22. The number of amides is 1. The predicted octanol–water partition coefficient (Wildman–Crippen LogP) is 1.30. The molecule has 1 aromatic carbocycles. The molecular formula is C12H16N4O2. The highest BCUT2D eigenvalue weighted by atomic mass is 16.4. The lowest BCUT2D eigenvalue weighted by Gasteiger charge is -2.16. The van der Waals surface area contributed by atoms with E-state index in [0.29, 0.717) is 22.8 Å². The number of nitrogen functional groups attached to an aromatic ring is 1. The summed E-state index contributed by atoms with van der Waals surface area (Å²) in [4.78, 5) is 17.4. The fourth-order valence-electron chi connectivity index (χ4n) is 1.67. The normalized spacial score (nSPS) is 12.4. The maximum absolute atomic E-state index is 11.7. The number of para-hydroxylation sites is 1. The number of anilines is 2. The van der Waals surface area contributed by atoms with E-state index in [1.807, 2.05) is 0 Å². The van der Waals surface area contributed by atoms with Crippen molar-refractivity contribution in [2.24, 2.45) is 0 Å². The Morgan fingerprint density at radius 3 is 2.83 bits per heavy atom. The number of oxazole rings is 1. The van der Waals surface area contributed by atoms with E-state index >= 15 is 0 Å². The van der Waals surface area contributed by atoms with E-state index in [2.05, 4.69) is 10.3 Å². The molecule has 3 N–H and O–H groups in total. The van der Waals surface area contributed by atoms with Crippen molar-refractivity contribution in [1.82, 2.24) is 9.88 Å². The fourth-order valence-corrected chi connectivity index (χ4v) is 1.67. The second kappa shape index (κ2) is 4.56. The van der Waals surface area contributed by atoms with Gasteiger partial charge in [-0.1, -0.05) is 6.07 Å². The standard InChI is InChI=1S/C12H16N4O2/c1-7(11(17)16(2)3)14-12-15-10-8(13)5-4-6-9(10)18-12/h4-7H,13H2,1-3H3,(H,14,15). The SMILES string of the molecule is CC(Nc1nc2c(N)cccc2o1)C(=O)N(C)C. The fraction of sp³-hybridized carbons (Fsp3) is 0.333. The van der Waals surface area contributed by atoms with Crippen LogP contribution in [0, 0.1) is 0 Å². The van der Waals surface area contributed by atoms with Gasteiger partial charge in [0.05, 0.1) is 5.69 Å². The van der Waals surface area contributed by atoms with Gasteiger partial charge >= 0.3 is 0 Å². The number of fused-ring (bicyclic) bond motifs is 1. The van der Waals surface area contributed by atoms with Crippen molar-refractivity contribution in [2.45, 2.75) is 13.0 Å². The lowest BCUT2D eigenvalue weighted by Crippen LogP contribution is -2.36. The van der Waals surface area contributed by atoms with Crippen molar-refractivity contribution in [2.75, 3.05) is 25.1 Å². The van der Waals surface area contributed by atoms with Crippen molar-refractivity contribution in [1.29, 1.82) is 0 Å². The van der Waals surface area contributed by atoms with E-state index in [-0.39, 0.29) is 5.91 Å². The number of nitrogens with one attached hydrogen (secondary N) is 1. The molecule has 0 aliphatic heterocycles. The largest absolute Gasteiger partial charge is 0.423 e. The summed E-state index contributed by atoms with van der Waals surface area (Å²) in [6.07, 6.45) is 0. The number of carbonyl (C=O) groups is 1. The Labute approximate surface area is 105 Å². The van der Waals surface area contributed by atoms with Crippen molar-refractivity contribution in [3.63, 3.8) is 0 Å². The maximum atomic E-state index is 11.7. The van der Waals surface area contributed by atoms with Crippen LogP contribution < -0.4 is 11.1 Å². The van der Waals surface area contributed by atoms with Crippen LogP contribution in [0.15, 0.2) is 22.6 Å². The van der Waals surface area contributed by atoms with Gasteiger partial charge in [-0.15, -0.1) is 0 Å². The van der Waals surface area contributed by atoms with Crippen molar-refractivity contribution in [3.05, 3.63) is 18.2 Å². The zero-order chi connectivity index (χ0) is 13.3. The summed E-state index contributed by atoms with van der Waals surface area (Å²) >= 11 is 0.